The normalized spacial score (nSPS) is 14.7. The largest absolute Gasteiger partial charge is 0.440 e. The van der Waals surface area contributed by atoms with Crippen molar-refractivity contribution in [3.05, 3.63) is 23.1 Å². The number of alkyl halides is 1. The van der Waals surface area contributed by atoms with Crippen molar-refractivity contribution >= 4 is 33.4 Å². The van der Waals surface area contributed by atoms with Crippen LogP contribution >= 0.6 is 27.5 Å². The molecule has 3 nitrogen and oxygen atoms in total. The number of furan rings is 1. The molecule has 15 heavy (non-hydrogen) atoms. The molecule has 1 amide bonds. The van der Waals surface area contributed by atoms with Crippen LogP contribution in [-0.2, 0) is 0 Å². The van der Waals surface area contributed by atoms with Gasteiger partial charge in [-0.05, 0) is 37.1 Å². The van der Waals surface area contributed by atoms with Crippen LogP contribution in [0.2, 0.25) is 5.22 Å². The number of halogens is 2. The van der Waals surface area contributed by atoms with E-state index in [1.54, 1.807) is 12.1 Å². The summed E-state index contributed by atoms with van der Waals surface area (Å²) in [5.41, 5.74) is -0.268. The van der Waals surface area contributed by atoms with E-state index < -0.39 is 0 Å². The molecule has 0 aliphatic heterocycles. The van der Waals surface area contributed by atoms with Crippen LogP contribution in [0.5, 0.6) is 0 Å². The van der Waals surface area contributed by atoms with E-state index in [2.05, 4.69) is 21.2 Å². The van der Waals surface area contributed by atoms with E-state index in [-0.39, 0.29) is 22.4 Å². The lowest BCUT2D eigenvalue weighted by atomic mass is 10.0. The molecule has 5 heteroatoms. The van der Waals surface area contributed by atoms with Gasteiger partial charge in [-0.3, -0.25) is 4.79 Å². The zero-order valence-corrected chi connectivity index (χ0v) is 11.0. The van der Waals surface area contributed by atoms with Gasteiger partial charge in [-0.25, -0.2) is 0 Å². The van der Waals surface area contributed by atoms with Gasteiger partial charge in [-0.1, -0.05) is 22.9 Å². The fourth-order valence-electron chi connectivity index (χ4n) is 0.988. The second-order valence-corrected chi connectivity index (χ2v) is 4.54. The molecule has 0 aliphatic rings. The first-order valence-corrected chi connectivity index (χ1v) is 6.14. The van der Waals surface area contributed by atoms with Gasteiger partial charge >= 0.3 is 0 Å². The number of rotatable bonds is 4. The Bertz CT molecular complexity index is 347. The van der Waals surface area contributed by atoms with Crippen molar-refractivity contribution in [3.8, 4) is 0 Å². The molecular formula is C10H13BrClNO2. The highest BCUT2D eigenvalue weighted by molar-refractivity contribution is 9.09. The molecule has 1 aromatic heterocycles. The van der Waals surface area contributed by atoms with Crippen LogP contribution in [0.3, 0.4) is 0 Å². The summed E-state index contributed by atoms with van der Waals surface area (Å²) in [5, 5.41) is 3.79. The quantitative estimate of drug-likeness (QED) is 0.866. The van der Waals surface area contributed by atoms with Crippen LogP contribution in [0, 0.1) is 0 Å². The van der Waals surface area contributed by atoms with Gasteiger partial charge in [-0.15, -0.1) is 0 Å². The number of carbonyl (C=O) groups excluding carboxylic acids is 1. The highest BCUT2D eigenvalue weighted by Gasteiger charge is 2.24. The monoisotopic (exact) mass is 293 g/mol. The van der Waals surface area contributed by atoms with Gasteiger partial charge in [0.1, 0.15) is 0 Å². The minimum atomic E-state index is -0.268. The minimum Gasteiger partial charge on any atom is -0.440 e. The number of hydrogen-bond acceptors (Lipinski definition) is 2. The lowest BCUT2D eigenvalue weighted by molar-refractivity contribution is 0.0885. The van der Waals surface area contributed by atoms with Crippen LogP contribution in [-0.4, -0.2) is 16.8 Å². The summed E-state index contributed by atoms with van der Waals surface area (Å²) < 4.78 is 5.02. The predicted molar refractivity (Wildman–Crippen MR) is 63.7 cm³/mol. The zero-order valence-electron chi connectivity index (χ0n) is 8.64. The molecule has 0 aliphatic carbocycles. The highest BCUT2D eigenvalue weighted by Crippen LogP contribution is 2.16. The number of carbonyl (C=O) groups is 1. The van der Waals surface area contributed by atoms with E-state index in [4.69, 9.17) is 16.0 Å². The maximum absolute atomic E-state index is 11.7. The molecule has 0 aromatic carbocycles. The third-order valence-electron chi connectivity index (χ3n) is 2.29. The molecule has 0 saturated carbocycles. The van der Waals surface area contributed by atoms with Gasteiger partial charge in [0, 0.05) is 10.9 Å². The van der Waals surface area contributed by atoms with E-state index in [0.29, 0.717) is 5.33 Å². The first-order chi connectivity index (χ1) is 7.00. The average Bonchev–Trinajstić information content (AvgIpc) is 2.65. The SMILES string of the molecule is CCC(C)(CBr)NC(=O)c1ccc(Cl)o1. The smallest absolute Gasteiger partial charge is 0.287 e. The fourth-order valence-corrected chi connectivity index (χ4v) is 1.67. The van der Waals surface area contributed by atoms with E-state index >= 15 is 0 Å². The Kier molecular flexibility index (Phi) is 4.22. The second kappa shape index (κ2) is 5.03. The van der Waals surface area contributed by atoms with Gasteiger partial charge in [0.05, 0.1) is 0 Å². The van der Waals surface area contributed by atoms with Crippen LogP contribution < -0.4 is 5.32 Å². The summed E-state index contributed by atoms with van der Waals surface area (Å²) >= 11 is 8.95. The van der Waals surface area contributed by atoms with Crippen molar-refractivity contribution < 1.29 is 9.21 Å². The predicted octanol–water partition coefficient (Wildman–Crippen LogP) is 3.23. The Hall–Kier alpha value is -0.480. The van der Waals surface area contributed by atoms with Crippen molar-refractivity contribution in [1.29, 1.82) is 0 Å². The van der Waals surface area contributed by atoms with Crippen molar-refractivity contribution in [3.63, 3.8) is 0 Å². The second-order valence-electron chi connectivity index (χ2n) is 3.61. The summed E-state index contributed by atoms with van der Waals surface area (Å²) in [6.45, 7) is 3.97. The Morgan fingerprint density at radius 3 is 2.73 bits per heavy atom. The molecule has 1 rings (SSSR count). The summed E-state index contributed by atoms with van der Waals surface area (Å²) in [6.07, 6.45) is 0.832. The third kappa shape index (κ3) is 3.24. The maximum Gasteiger partial charge on any atom is 0.287 e. The maximum atomic E-state index is 11.7. The number of nitrogens with one attached hydrogen (secondary N) is 1. The summed E-state index contributed by atoms with van der Waals surface area (Å²) in [5.74, 6) is -0.00803. The van der Waals surface area contributed by atoms with Crippen molar-refractivity contribution in [1.82, 2.24) is 5.32 Å². The van der Waals surface area contributed by atoms with E-state index in [1.807, 2.05) is 13.8 Å². The van der Waals surface area contributed by atoms with E-state index in [1.165, 1.54) is 0 Å². The van der Waals surface area contributed by atoms with Gasteiger partial charge in [0.15, 0.2) is 11.0 Å². The lowest BCUT2D eigenvalue weighted by Crippen LogP contribution is -2.46. The summed E-state index contributed by atoms with van der Waals surface area (Å²) in [4.78, 5) is 11.7. The van der Waals surface area contributed by atoms with Crippen LogP contribution in [0.1, 0.15) is 30.8 Å². The van der Waals surface area contributed by atoms with Gasteiger partial charge in [-0.2, -0.15) is 0 Å². The summed E-state index contributed by atoms with van der Waals surface area (Å²) in [6, 6.07) is 3.11. The van der Waals surface area contributed by atoms with Gasteiger partial charge in [0.2, 0.25) is 0 Å². The Balaban J connectivity index is 2.71. The van der Waals surface area contributed by atoms with Crippen LogP contribution in [0.15, 0.2) is 16.5 Å². The van der Waals surface area contributed by atoms with Crippen LogP contribution in [0.25, 0.3) is 0 Å². The number of amides is 1. The molecule has 0 radical (unpaired) electrons. The van der Waals surface area contributed by atoms with Gasteiger partial charge < -0.3 is 9.73 Å². The van der Waals surface area contributed by atoms with Crippen molar-refractivity contribution in [2.75, 3.05) is 5.33 Å². The molecule has 84 valence electrons. The van der Waals surface area contributed by atoms with Crippen molar-refractivity contribution in [2.45, 2.75) is 25.8 Å². The molecule has 1 unspecified atom stereocenters. The zero-order chi connectivity index (χ0) is 11.5. The first kappa shape index (κ1) is 12.6. The Labute approximate surface area is 102 Å². The lowest BCUT2D eigenvalue weighted by Gasteiger charge is -2.26. The summed E-state index contributed by atoms with van der Waals surface area (Å²) in [7, 11) is 0. The molecule has 0 fully saturated rings. The fraction of sp³-hybridized carbons (Fsp3) is 0.500. The van der Waals surface area contributed by atoms with Gasteiger partial charge in [0.25, 0.3) is 5.91 Å². The average molecular weight is 295 g/mol. The highest BCUT2D eigenvalue weighted by atomic mass is 79.9. The minimum absolute atomic E-state index is 0.220. The van der Waals surface area contributed by atoms with E-state index in [0.717, 1.165) is 6.42 Å². The Morgan fingerprint density at radius 1 is 1.67 bits per heavy atom. The topological polar surface area (TPSA) is 42.2 Å². The molecule has 1 aromatic rings. The van der Waals surface area contributed by atoms with Crippen LogP contribution in [0.4, 0.5) is 0 Å². The molecule has 0 spiro atoms. The molecule has 0 bridgehead atoms. The Morgan fingerprint density at radius 2 is 2.33 bits per heavy atom. The molecule has 1 atom stereocenters. The molecular weight excluding hydrogens is 281 g/mol. The third-order valence-corrected chi connectivity index (χ3v) is 3.73. The molecule has 1 N–H and O–H groups in total. The van der Waals surface area contributed by atoms with Crippen molar-refractivity contribution in [2.24, 2.45) is 0 Å². The molecule has 1 heterocycles. The first-order valence-electron chi connectivity index (χ1n) is 4.64. The molecule has 0 saturated heterocycles. The van der Waals surface area contributed by atoms with E-state index in [9.17, 15) is 4.79 Å². The number of hydrogen-bond donors (Lipinski definition) is 1. The standard InChI is InChI=1S/C10H13BrClNO2/c1-3-10(2,6-11)13-9(14)7-4-5-8(12)15-7/h4-5H,3,6H2,1-2H3,(H,13,14).